The van der Waals surface area contributed by atoms with Crippen LogP contribution in [-0.4, -0.2) is 79.1 Å². The molecule has 2 aliphatic heterocycles. The first-order valence-electron chi connectivity index (χ1n) is 8.43. The lowest BCUT2D eigenvalue weighted by Crippen LogP contribution is -2.52. The molecule has 0 aromatic heterocycles. The monoisotopic (exact) mass is 296 g/mol. The van der Waals surface area contributed by atoms with E-state index in [1.54, 1.807) is 4.90 Å². The van der Waals surface area contributed by atoms with Crippen LogP contribution in [0.2, 0.25) is 0 Å². The molecular formula is C16H32N4O. The summed E-state index contributed by atoms with van der Waals surface area (Å²) in [5.74, 6) is 0. The zero-order chi connectivity index (χ0) is 15.4. The van der Waals surface area contributed by atoms with Crippen molar-refractivity contribution in [3.63, 3.8) is 0 Å². The van der Waals surface area contributed by atoms with E-state index >= 15 is 0 Å². The fourth-order valence-electron chi connectivity index (χ4n) is 3.44. The second kappa shape index (κ2) is 7.45. The van der Waals surface area contributed by atoms with Gasteiger partial charge in [0.2, 0.25) is 0 Å². The predicted molar refractivity (Wildman–Crippen MR) is 86.5 cm³/mol. The van der Waals surface area contributed by atoms with Gasteiger partial charge in [0.25, 0.3) is 0 Å². The lowest BCUT2D eigenvalue weighted by molar-refractivity contribution is 0.134. The molecule has 2 rings (SSSR count). The number of hydrogen-bond donors (Lipinski definition) is 1. The first-order chi connectivity index (χ1) is 9.97. The van der Waals surface area contributed by atoms with Gasteiger partial charge in [-0.2, -0.15) is 0 Å². The Morgan fingerprint density at radius 1 is 1.00 bits per heavy atom. The highest BCUT2D eigenvalue weighted by molar-refractivity contribution is 5.73. The lowest BCUT2D eigenvalue weighted by Gasteiger charge is -2.39. The largest absolute Gasteiger partial charge is 0.331 e. The predicted octanol–water partition coefficient (Wildman–Crippen LogP) is 1.59. The van der Waals surface area contributed by atoms with Gasteiger partial charge in [0.15, 0.2) is 0 Å². The Morgan fingerprint density at radius 2 is 1.48 bits per heavy atom. The minimum absolute atomic E-state index is 0.152. The number of amides is 2. The summed E-state index contributed by atoms with van der Waals surface area (Å²) in [7, 11) is 3.66. The van der Waals surface area contributed by atoms with Crippen LogP contribution in [0.15, 0.2) is 0 Å². The molecule has 2 fully saturated rings. The maximum Gasteiger partial charge on any atom is 0.319 e. The van der Waals surface area contributed by atoms with Crippen LogP contribution in [0.1, 0.15) is 39.5 Å². The highest BCUT2D eigenvalue weighted by Crippen LogP contribution is 2.17. The summed E-state index contributed by atoms with van der Waals surface area (Å²) < 4.78 is 0. The van der Waals surface area contributed by atoms with Crippen molar-refractivity contribution in [2.24, 2.45) is 0 Å². The van der Waals surface area contributed by atoms with Crippen molar-refractivity contribution in [2.45, 2.75) is 57.7 Å². The molecule has 5 nitrogen and oxygen atoms in total. The van der Waals surface area contributed by atoms with Crippen molar-refractivity contribution >= 4 is 6.03 Å². The van der Waals surface area contributed by atoms with Crippen LogP contribution in [0.25, 0.3) is 0 Å². The number of likely N-dealkylation sites (tertiary alicyclic amines) is 2. The first-order valence-corrected chi connectivity index (χ1v) is 8.43. The maximum absolute atomic E-state index is 11.9. The molecule has 0 radical (unpaired) electrons. The Bertz CT molecular complexity index is 329. The zero-order valence-electron chi connectivity index (χ0n) is 14.1. The van der Waals surface area contributed by atoms with Crippen LogP contribution in [0.4, 0.5) is 4.79 Å². The molecule has 21 heavy (non-hydrogen) atoms. The minimum Gasteiger partial charge on any atom is -0.331 e. The van der Waals surface area contributed by atoms with E-state index in [0.717, 1.165) is 25.9 Å². The van der Waals surface area contributed by atoms with E-state index < -0.39 is 0 Å². The Kier molecular flexibility index (Phi) is 5.88. The van der Waals surface area contributed by atoms with Gasteiger partial charge in [0, 0.05) is 45.3 Å². The molecule has 0 atom stereocenters. The van der Waals surface area contributed by atoms with E-state index in [1.807, 2.05) is 19.0 Å². The molecule has 0 bridgehead atoms. The first kappa shape index (κ1) is 16.6. The average molecular weight is 296 g/mol. The molecule has 0 aromatic carbocycles. The van der Waals surface area contributed by atoms with Crippen LogP contribution < -0.4 is 5.32 Å². The molecule has 2 heterocycles. The van der Waals surface area contributed by atoms with Gasteiger partial charge in [-0.25, -0.2) is 4.79 Å². The van der Waals surface area contributed by atoms with Gasteiger partial charge in [0.05, 0.1) is 0 Å². The number of rotatable bonds is 3. The van der Waals surface area contributed by atoms with Crippen molar-refractivity contribution in [1.82, 2.24) is 20.0 Å². The normalized spacial score (nSPS) is 22.8. The SMILES string of the molecule is CC(C)N1CCC(NC2CCN(C(=O)N(C)C)CC2)CC1. The number of urea groups is 1. The van der Waals surface area contributed by atoms with E-state index in [-0.39, 0.29) is 6.03 Å². The van der Waals surface area contributed by atoms with Gasteiger partial charge >= 0.3 is 6.03 Å². The number of nitrogens with one attached hydrogen (secondary N) is 1. The average Bonchev–Trinajstić information content (AvgIpc) is 2.47. The van der Waals surface area contributed by atoms with Crippen molar-refractivity contribution in [2.75, 3.05) is 40.3 Å². The summed E-state index contributed by atoms with van der Waals surface area (Å²) in [4.78, 5) is 18.1. The number of nitrogens with zero attached hydrogens (tertiary/aromatic N) is 3. The molecule has 2 aliphatic rings. The molecular weight excluding hydrogens is 264 g/mol. The van der Waals surface area contributed by atoms with Gasteiger partial charge in [-0.3, -0.25) is 0 Å². The third-order valence-electron chi connectivity index (χ3n) is 4.88. The van der Waals surface area contributed by atoms with E-state index in [1.165, 1.54) is 25.9 Å². The van der Waals surface area contributed by atoms with Crippen LogP contribution in [0.5, 0.6) is 0 Å². The molecule has 122 valence electrons. The van der Waals surface area contributed by atoms with Gasteiger partial charge in [-0.05, 0) is 52.6 Å². The Hall–Kier alpha value is -0.810. The van der Waals surface area contributed by atoms with Gasteiger partial charge in [0.1, 0.15) is 0 Å². The van der Waals surface area contributed by atoms with E-state index in [2.05, 4.69) is 24.1 Å². The fraction of sp³-hybridized carbons (Fsp3) is 0.938. The third-order valence-corrected chi connectivity index (χ3v) is 4.88. The second-order valence-electron chi connectivity index (χ2n) is 7.01. The van der Waals surface area contributed by atoms with Crippen molar-refractivity contribution < 1.29 is 4.79 Å². The zero-order valence-corrected chi connectivity index (χ0v) is 14.1. The maximum atomic E-state index is 11.9. The van der Waals surface area contributed by atoms with E-state index in [9.17, 15) is 4.79 Å². The molecule has 2 saturated heterocycles. The summed E-state index contributed by atoms with van der Waals surface area (Å²) in [6.07, 6.45) is 4.69. The highest BCUT2D eigenvalue weighted by atomic mass is 16.2. The minimum atomic E-state index is 0.152. The summed E-state index contributed by atoms with van der Waals surface area (Å²) in [5, 5.41) is 3.83. The smallest absolute Gasteiger partial charge is 0.319 e. The molecule has 2 amide bonds. The second-order valence-corrected chi connectivity index (χ2v) is 7.01. The van der Waals surface area contributed by atoms with Crippen molar-refractivity contribution in [3.05, 3.63) is 0 Å². The molecule has 1 N–H and O–H groups in total. The van der Waals surface area contributed by atoms with Gasteiger partial charge < -0.3 is 20.0 Å². The summed E-state index contributed by atoms with van der Waals surface area (Å²) >= 11 is 0. The van der Waals surface area contributed by atoms with Crippen LogP contribution in [0, 0.1) is 0 Å². The molecule has 0 unspecified atom stereocenters. The summed E-state index contributed by atoms with van der Waals surface area (Å²) in [6.45, 7) is 8.77. The number of hydrogen-bond acceptors (Lipinski definition) is 3. The summed E-state index contributed by atoms with van der Waals surface area (Å²) in [6, 6.07) is 2.08. The van der Waals surface area contributed by atoms with Crippen LogP contribution >= 0.6 is 0 Å². The molecule has 0 aliphatic carbocycles. The van der Waals surface area contributed by atoms with Gasteiger partial charge in [-0.15, -0.1) is 0 Å². The molecule has 0 spiro atoms. The number of carbonyl (C=O) groups is 1. The number of carbonyl (C=O) groups excluding carboxylic acids is 1. The third kappa shape index (κ3) is 4.58. The van der Waals surface area contributed by atoms with Crippen LogP contribution in [0.3, 0.4) is 0 Å². The fourth-order valence-corrected chi connectivity index (χ4v) is 3.44. The highest BCUT2D eigenvalue weighted by Gasteiger charge is 2.27. The summed E-state index contributed by atoms with van der Waals surface area (Å²) in [5.41, 5.74) is 0. The molecule has 0 aromatic rings. The Labute approximate surface area is 129 Å². The quantitative estimate of drug-likeness (QED) is 0.860. The molecule has 5 heteroatoms. The lowest BCUT2D eigenvalue weighted by atomic mass is 9.99. The van der Waals surface area contributed by atoms with Gasteiger partial charge in [-0.1, -0.05) is 0 Å². The van der Waals surface area contributed by atoms with E-state index in [0.29, 0.717) is 18.1 Å². The molecule has 0 saturated carbocycles. The van der Waals surface area contributed by atoms with E-state index in [4.69, 9.17) is 0 Å². The topological polar surface area (TPSA) is 38.8 Å². The Balaban J connectivity index is 1.69. The Morgan fingerprint density at radius 3 is 1.90 bits per heavy atom. The number of piperidine rings is 2. The van der Waals surface area contributed by atoms with Crippen molar-refractivity contribution in [3.8, 4) is 0 Å². The van der Waals surface area contributed by atoms with Crippen LogP contribution in [-0.2, 0) is 0 Å². The standard InChI is InChI=1S/C16H32N4O/c1-13(2)19-9-5-14(6-10-19)17-15-7-11-20(12-8-15)16(21)18(3)4/h13-15,17H,5-12H2,1-4H3. The van der Waals surface area contributed by atoms with Crippen molar-refractivity contribution in [1.29, 1.82) is 0 Å².